The molecule has 21 heavy (non-hydrogen) atoms. The lowest BCUT2D eigenvalue weighted by atomic mass is 9.98. The largest absolute Gasteiger partial charge is 0.383 e. The van der Waals surface area contributed by atoms with Gasteiger partial charge in [0.2, 0.25) is 0 Å². The third-order valence-electron chi connectivity index (χ3n) is 3.50. The van der Waals surface area contributed by atoms with Gasteiger partial charge in [-0.05, 0) is 42.3 Å². The van der Waals surface area contributed by atoms with Crippen LogP contribution in [0.5, 0.6) is 0 Å². The molecule has 0 aliphatic rings. The van der Waals surface area contributed by atoms with Crippen LogP contribution in [0.25, 0.3) is 22.4 Å². The summed E-state index contributed by atoms with van der Waals surface area (Å²) in [5.41, 5.74) is 11.1. The van der Waals surface area contributed by atoms with Crippen LogP contribution in [-0.4, -0.2) is 14.8 Å². The zero-order valence-corrected chi connectivity index (χ0v) is 12.6. The lowest BCUT2D eigenvalue weighted by molar-refractivity contribution is 0.782. The highest BCUT2D eigenvalue weighted by Gasteiger charge is 2.18. The smallest absolute Gasteiger partial charge is 0.129 e. The molecule has 106 valence electrons. The Hall–Kier alpha value is -2.33. The third-order valence-corrected chi connectivity index (χ3v) is 3.74. The Balaban J connectivity index is 2.27. The van der Waals surface area contributed by atoms with Crippen molar-refractivity contribution in [3.63, 3.8) is 0 Å². The van der Waals surface area contributed by atoms with Gasteiger partial charge < -0.3 is 5.73 Å². The second-order valence-corrected chi connectivity index (χ2v) is 5.36. The minimum absolute atomic E-state index is 0.630. The van der Waals surface area contributed by atoms with Gasteiger partial charge in [-0.25, -0.2) is 0 Å². The van der Waals surface area contributed by atoms with Crippen molar-refractivity contribution >= 4 is 17.4 Å². The third kappa shape index (κ3) is 2.38. The minimum Gasteiger partial charge on any atom is -0.383 e. The molecule has 0 fully saturated rings. The molecule has 2 aromatic heterocycles. The highest BCUT2D eigenvalue weighted by molar-refractivity contribution is 6.30. The number of nitrogens with two attached hydrogens (primary N) is 1. The van der Waals surface area contributed by atoms with Crippen molar-refractivity contribution < 1.29 is 0 Å². The van der Waals surface area contributed by atoms with E-state index in [1.165, 1.54) is 0 Å². The van der Waals surface area contributed by atoms with Gasteiger partial charge in [-0.3, -0.25) is 9.67 Å². The van der Waals surface area contributed by atoms with Gasteiger partial charge in [0, 0.05) is 30.0 Å². The molecule has 2 N–H and O–H groups in total. The highest BCUT2D eigenvalue weighted by atomic mass is 35.5. The van der Waals surface area contributed by atoms with Crippen molar-refractivity contribution in [2.24, 2.45) is 7.05 Å². The summed E-state index contributed by atoms with van der Waals surface area (Å²) >= 11 is 6.04. The average molecular weight is 299 g/mol. The first-order valence-corrected chi connectivity index (χ1v) is 6.95. The Morgan fingerprint density at radius 1 is 1.14 bits per heavy atom. The Bertz CT molecular complexity index is 794. The number of nitrogens with zero attached hydrogens (tertiary/aromatic N) is 3. The van der Waals surface area contributed by atoms with Crippen LogP contribution in [0.15, 0.2) is 42.7 Å². The van der Waals surface area contributed by atoms with E-state index in [0.717, 1.165) is 27.9 Å². The molecule has 5 heteroatoms. The molecule has 0 unspecified atom stereocenters. The molecule has 4 nitrogen and oxygen atoms in total. The molecule has 0 atom stereocenters. The van der Waals surface area contributed by atoms with Crippen LogP contribution in [-0.2, 0) is 7.05 Å². The zero-order valence-electron chi connectivity index (χ0n) is 11.8. The normalized spacial score (nSPS) is 10.8. The fraction of sp³-hybridized carbons (Fsp3) is 0.125. The van der Waals surface area contributed by atoms with Crippen LogP contribution in [0.4, 0.5) is 5.82 Å². The quantitative estimate of drug-likeness (QED) is 0.785. The Morgan fingerprint density at radius 3 is 2.52 bits per heavy atom. The Morgan fingerprint density at radius 2 is 1.86 bits per heavy atom. The van der Waals surface area contributed by atoms with Crippen molar-refractivity contribution in [1.82, 2.24) is 14.8 Å². The monoisotopic (exact) mass is 298 g/mol. The number of anilines is 1. The molecule has 0 saturated heterocycles. The van der Waals surface area contributed by atoms with Crippen LogP contribution < -0.4 is 5.73 Å². The Labute approximate surface area is 128 Å². The number of benzene rings is 1. The van der Waals surface area contributed by atoms with E-state index in [0.29, 0.717) is 10.8 Å². The van der Waals surface area contributed by atoms with Crippen LogP contribution in [0.2, 0.25) is 5.02 Å². The molecule has 0 spiro atoms. The van der Waals surface area contributed by atoms with Gasteiger partial charge in [-0.1, -0.05) is 17.7 Å². The number of hydrogen-bond donors (Lipinski definition) is 1. The van der Waals surface area contributed by atoms with E-state index >= 15 is 0 Å². The van der Waals surface area contributed by atoms with Gasteiger partial charge in [-0.15, -0.1) is 0 Å². The first kappa shape index (κ1) is 13.6. The molecule has 3 rings (SSSR count). The van der Waals surface area contributed by atoms with Crippen molar-refractivity contribution in [3.05, 3.63) is 53.3 Å². The van der Waals surface area contributed by atoms with Crippen molar-refractivity contribution in [3.8, 4) is 22.4 Å². The SMILES string of the molecule is Cc1cc(Cl)ccc1-c1nn(C)c(N)c1-c1ccncc1. The topological polar surface area (TPSA) is 56.7 Å². The number of rotatable bonds is 2. The molecular formula is C16H15ClN4. The predicted molar refractivity (Wildman–Crippen MR) is 86.0 cm³/mol. The summed E-state index contributed by atoms with van der Waals surface area (Å²) in [5.74, 6) is 0.630. The lowest BCUT2D eigenvalue weighted by Gasteiger charge is -2.07. The number of aromatic nitrogens is 3. The fourth-order valence-corrected chi connectivity index (χ4v) is 2.65. The van der Waals surface area contributed by atoms with Crippen LogP contribution in [0.1, 0.15) is 5.56 Å². The summed E-state index contributed by atoms with van der Waals surface area (Å²) in [6, 6.07) is 9.64. The molecular weight excluding hydrogens is 284 g/mol. The lowest BCUT2D eigenvalue weighted by Crippen LogP contribution is -1.97. The summed E-state index contributed by atoms with van der Waals surface area (Å²) in [6.45, 7) is 2.02. The van der Waals surface area contributed by atoms with Gasteiger partial charge in [0.15, 0.2) is 0 Å². The minimum atomic E-state index is 0.630. The second kappa shape index (κ2) is 5.22. The molecule has 3 aromatic rings. The van der Waals surface area contributed by atoms with E-state index in [2.05, 4.69) is 10.1 Å². The van der Waals surface area contributed by atoms with Crippen LogP contribution >= 0.6 is 11.6 Å². The van der Waals surface area contributed by atoms with E-state index < -0.39 is 0 Å². The van der Waals surface area contributed by atoms with Crippen molar-refractivity contribution in [2.45, 2.75) is 6.92 Å². The summed E-state index contributed by atoms with van der Waals surface area (Å²) in [7, 11) is 1.84. The average Bonchev–Trinajstić information content (AvgIpc) is 2.75. The molecule has 0 aliphatic heterocycles. The van der Waals surface area contributed by atoms with E-state index in [4.69, 9.17) is 17.3 Å². The second-order valence-electron chi connectivity index (χ2n) is 4.93. The number of nitrogen functional groups attached to an aromatic ring is 1. The predicted octanol–water partition coefficient (Wildman–Crippen LogP) is 3.69. The molecule has 1 aromatic carbocycles. The first-order chi connectivity index (χ1) is 10.1. The van der Waals surface area contributed by atoms with E-state index in [1.807, 2.05) is 44.3 Å². The van der Waals surface area contributed by atoms with Crippen molar-refractivity contribution in [1.29, 1.82) is 0 Å². The summed E-state index contributed by atoms with van der Waals surface area (Å²) < 4.78 is 1.69. The summed E-state index contributed by atoms with van der Waals surface area (Å²) in [5, 5.41) is 5.29. The van der Waals surface area contributed by atoms with E-state index in [1.54, 1.807) is 17.1 Å². The highest BCUT2D eigenvalue weighted by Crippen LogP contribution is 2.37. The zero-order chi connectivity index (χ0) is 15.0. The van der Waals surface area contributed by atoms with Gasteiger partial charge in [-0.2, -0.15) is 5.10 Å². The maximum atomic E-state index is 6.21. The van der Waals surface area contributed by atoms with E-state index in [9.17, 15) is 0 Å². The van der Waals surface area contributed by atoms with Crippen LogP contribution in [0.3, 0.4) is 0 Å². The maximum absolute atomic E-state index is 6.21. The first-order valence-electron chi connectivity index (χ1n) is 6.57. The standard InChI is InChI=1S/C16H15ClN4/c1-10-9-12(17)3-4-13(10)15-14(16(18)21(2)20-15)11-5-7-19-8-6-11/h3-9H,18H2,1-2H3. The molecule has 0 saturated carbocycles. The number of halogens is 1. The molecule has 0 amide bonds. The number of hydrogen-bond acceptors (Lipinski definition) is 3. The van der Waals surface area contributed by atoms with E-state index in [-0.39, 0.29) is 0 Å². The number of aryl methyl sites for hydroxylation is 2. The van der Waals surface area contributed by atoms with Crippen molar-refractivity contribution in [2.75, 3.05) is 5.73 Å². The van der Waals surface area contributed by atoms with Crippen LogP contribution in [0, 0.1) is 6.92 Å². The summed E-state index contributed by atoms with van der Waals surface area (Å²) in [4.78, 5) is 4.05. The van der Waals surface area contributed by atoms with Gasteiger partial charge in [0.05, 0.1) is 5.56 Å². The fourth-order valence-electron chi connectivity index (χ4n) is 2.42. The molecule has 0 aliphatic carbocycles. The molecule has 0 bridgehead atoms. The van der Waals surface area contributed by atoms with Gasteiger partial charge >= 0.3 is 0 Å². The summed E-state index contributed by atoms with van der Waals surface area (Å²) in [6.07, 6.45) is 3.50. The maximum Gasteiger partial charge on any atom is 0.129 e. The molecule has 2 heterocycles. The molecule has 0 radical (unpaired) electrons. The van der Waals surface area contributed by atoms with Gasteiger partial charge in [0.1, 0.15) is 11.5 Å². The Kier molecular flexibility index (Phi) is 3.39. The number of pyridine rings is 1. The van der Waals surface area contributed by atoms with Gasteiger partial charge in [0.25, 0.3) is 0 Å².